The Bertz CT molecular complexity index is 711. The van der Waals surface area contributed by atoms with Crippen molar-refractivity contribution < 1.29 is 24.7 Å². The molecule has 158 valence electrons. The van der Waals surface area contributed by atoms with Crippen LogP contribution < -0.4 is 10.8 Å². The van der Waals surface area contributed by atoms with Crippen molar-refractivity contribution in [2.45, 2.75) is 32.4 Å². The highest BCUT2D eigenvalue weighted by atomic mass is 16.5. The van der Waals surface area contributed by atoms with E-state index in [0.29, 0.717) is 18.7 Å². The predicted octanol–water partition coefficient (Wildman–Crippen LogP) is 0.939. The number of carbonyl (C=O) groups is 3. The number of nitrogens with zero attached hydrogens (tertiary/aromatic N) is 1. The second-order valence-corrected chi connectivity index (χ2v) is 6.70. The minimum Gasteiger partial charge on any atom is -0.388 e. The number of hydrogen-bond acceptors (Lipinski definition) is 5. The van der Waals surface area contributed by atoms with Gasteiger partial charge in [0, 0.05) is 24.2 Å². The number of nitrogens with one attached hydrogen (secondary N) is 2. The van der Waals surface area contributed by atoms with Gasteiger partial charge in [0.25, 0.3) is 5.91 Å². The highest BCUT2D eigenvalue weighted by molar-refractivity contribution is 5.94. The number of hydrogen-bond donors (Lipinski definition) is 4. The lowest BCUT2D eigenvalue weighted by molar-refractivity contribution is -0.122. The van der Waals surface area contributed by atoms with E-state index in [0.717, 1.165) is 12.0 Å². The van der Waals surface area contributed by atoms with Gasteiger partial charge in [0.2, 0.25) is 12.8 Å². The molecule has 0 aromatic heterocycles. The minimum absolute atomic E-state index is 0.181. The van der Waals surface area contributed by atoms with E-state index in [9.17, 15) is 14.7 Å². The van der Waals surface area contributed by atoms with Gasteiger partial charge in [-0.05, 0) is 45.0 Å². The number of carbonyl (C=O) groups excluding carboxylic acids is 3. The summed E-state index contributed by atoms with van der Waals surface area (Å²) in [6.07, 6.45) is 1.01. The zero-order chi connectivity index (χ0) is 22.4. The lowest BCUT2D eigenvalue weighted by atomic mass is 10.00. The SMILES string of the molecule is C=C.CC(NC(=O)c1ccc(C#CC2CN(C=O)C2)cc1)C(C)(C)O.O=CNO. The van der Waals surface area contributed by atoms with Crippen LogP contribution in [0.15, 0.2) is 37.4 Å². The lowest BCUT2D eigenvalue weighted by Crippen LogP contribution is -2.47. The number of rotatable bonds is 5. The van der Waals surface area contributed by atoms with Gasteiger partial charge in [-0.2, -0.15) is 0 Å². The van der Waals surface area contributed by atoms with Crippen LogP contribution in [0.3, 0.4) is 0 Å². The molecule has 1 aliphatic rings. The Kier molecular flexibility index (Phi) is 11.7. The van der Waals surface area contributed by atoms with Crippen molar-refractivity contribution in [2.75, 3.05) is 13.1 Å². The second-order valence-electron chi connectivity index (χ2n) is 6.70. The first-order valence-electron chi connectivity index (χ1n) is 8.88. The molecule has 0 aliphatic carbocycles. The molecular formula is C21H29N3O5. The molecule has 0 spiro atoms. The summed E-state index contributed by atoms with van der Waals surface area (Å²) in [5.74, 6) is 6.18. The topological polar surface area (TPSA) is 119 Å². The predicted molar refractivity (Wildman–Crippen MR) is 110 cm³/mol. The summed E-state index contributed by atoms with van der Waals surface area (Å²) in [6, 6.07) is 6.68. The molecular weight excluding hydrogens is 374 g/mol. The molecule has 0 saturated carbocycles. The molecule has 1 aromatic rings. The average Bonchev–Trinajstić information content (AvgIpc) is 2.68. The first-order valence-corrected chi connectivity index (χ1v) is 8.88. The van der Waals surface area contributed by atoms with Crippen molar-refractivity contribution in [3.05, 3.63) is 48.6 Å². The van der Waals surface area contributed by atoms with Crippen LogP contribution in [0.25, 0.3) is 0 Å². The third-order valence-corrected chi connectivity index (χ3v) is 4.09. The van der Waals surface area contributed by atoms with Crippen molar-refractivity contribution in [3.8, 4) is 11.8 Å². The number of benzene rings is 1. The van der Waals surface area contributed by atoms with Gasteiger partial charge >= 0.3 is 0 Å². The molecule has 8 heteroatoms. The maximum absolute atomic E-state index is 12.1. The molecule has 1 atom stereocenters. The molecule has 0 radical (unpaired) electrons. The summed E-state index contributed by atoms with van der Waals surface area (Å²) in [5.41, 5.74) is 1.64. The lowest BCUT2D eigenvalue weighted by Gasteiger charge is -2.32. The molecule has 1 heterocycles. The summed E-state index contributed by atoms with van der Waals surface area (Å²) in [6.45, 7) is 12.4. The zero-order valence-corrected chi connectivity index (χ0v) is 17.0. The number of hydroxylamine groups is 1. The fraction of sp³-hybridized carbons (Fsp3) is 0.381. The van der Waals surface area contributed by atoms with E-state index >= 15 is 0 Å². The van der Waals surface area contributed by atoms with Crippen LogP contribution in [0, 0.1) is 17.8 Å². The van der Waals surface area contributed by atoms with E-state index in [1.165, 1.54) is 5.48 Å². The summed E-state index contributed by atoms with van der Waals surface area (Å²) in [5, 5.41) is 19.9. The zero-order valence-electron chi connectivity index (χ0n) is 17.0. The fourth-order valence-corrected chi connectivity index (χ4v) is 2.04. The molecule has 1 unspecified atom stereocenters. The van der Waals surface area contributed by atoms with E-state index < -0.39 is 5.60 Å². The normalized spacial score (nSPS) is 13.5. The fourth-order valence-electron chi connectivity index (χ4n) is 2.04. The summed E-state index contributed by atoms with van der Waals surface area (Å²) in [7, 11) is 0. The molecule has 29 heavy (non-hydrogen) atoms. The molecule has 4 N–H and O–H groups in total. The van der Waals surface area contributed by atoms with Gasteiger partial charge in [-0.3, -0.25) is 19.6 Å². The van der Waals surface area contributed by atoms with Crippen LogP contribution in [-0.2, 0) is 9.59 Å². The molecule has 0 bridgehead atoms. The monoisotopic (exact) mass is 403 g/mol. The summed E-state index contributed by atoms with van der Waals surface area (Å²) < 4.78 is 0. The van der Waals surface area contributed by atoms with Crippen LogP contribution in [0.4, 0.5) is 0 Å². The van der Waals surface area contributed by atoms with Crippen LogP contribution >= 0.6 is 0 Å². The third kappa shape index (κ3) is 9.55. The molecule has 2 rings (SSSR count). The van der Waals surface area contributed by atoms with Gasteiger partial charge in [0.05, 0.1) is 17.6 Å². The maximum Gasteiger partial charge on any atom is 0.251 e. The second kappa shape index (κ2) is 13.1. The Morgan fingerprint density at radius 3 is 2.21 bits per heavy atom. The highest BCUT2D eigenvalue weighted by Gasteiger charge is 2.24. The van der Waals surface area contributed by atoms with Gasteiger partial charge in [0.1, 0.15) is 0 Å². The molecule has 1 aliphatic heterocycles. The maximum atomic E-state index is 12.1. The number of likely N-dealkylation sites (tertiary alicyclic amines) is 1. The van der Waals surface area contributed by atoms with Gasteiger partial charge < -0.3 is 15.3 Å². The average molecular weight is 403 g/mol. The van der Waals surface area contributed by atoms with Crippen molar-refractivity contribution in [1.82, 2.24) is 15.7 Å². The van der Waals surface area contributed by atoms with E-state index in [2.05, 4.69) is 30.3 Å². The Morgan fingerprint density at radius 1 is 1.28 bits per heavy atom. The van der Waals surface area contributed by atoms with Gasteiger partial charge in [-0.25, -0.2) is 5.48 Å². The van der Waals surface area contributed by atoms with Crippen LogP contribution in [0.2, 0.25) is 0 Å². The molecule has 8 nitrogen and oxygen atoms in total. The van der Waals surface area contributed by atoms with Gasteiger partial charge in [-0.15, -0.1) is 13.2 Å². The summed E-state index contributed by atoms with van der Waals surface area (Å²) >= 11 is 0. The molecule has 3 amide bonds. The number of amides is 3. The quantitative estimate of drug-likeness (QED) is 0.192. The first-order chi connectivity index (χ1) is 13.7. The largest absolute Gasteiger partial charge is 0.388 e. The van der Waals surface area contributed by atoms with E-state index in [-0.39, 0.29) is 24.3 Å². The number of aliphatic hydroxyl groups is 1. The van der Waals surface area contributed by atoms with E-state index in [1.807, 2.05) is 0 Å². The minimum atomic E-state index is -0.973. The smallest absolute Gasteiger partial charge is 0.251 e. The van der Waals surface area contributed by atoms with Gasteiger partial charge in [0.15, 0.2) is 0 Å². The summed E-state index contributed by atoms with van der Waals surface area (Å²) in [4.78, 5) is 33.1. The molecule has 1 fully saturated rings. The van der Waals surface area contributed by atoms with Crippen molar-refractivity contribution >= 4 is 18.7 Å². The van der Waals surface area contributed by atoms with Crippen molar-refractivity contribution in [3.63, 3.8) is 0 Å². The van der Waals surface area contributed by atoms with Crippen molar-refractivity contribution in [2.24, 2.45) is 5.92 Å². The van der Waals surface area contributed by atoms with Crippen LogP contribution in [0.5, 0.6) is 0 Å². The van der Waals surface area contributed by atoms with E-state index in [4.69, 9.17) is 10.0 Å². The van der Waals surface area contributed by atoms with Crippen molar-refractivity contribution in [1.29, 1.82) is 0 Å². The Morgan fingerprint density at radius 2 is 1.79 bits per heavy atom. The van der Waals surface area contributed by atoms with Gasteiger partial charge in [-0.1, -0.05) is 11.8 Å². The molecule has 1 saturated heterocycles. The van der Waals surface area contributed by atoms with Crippen LogP contribution in [0.1, 0.15) is 36.7 Å². The Balaban J connectivity index is 0.00000116. The van der Waals surface area contributed by atoms with Crippen LogP contribution in [-0.4, -0.2) is 58.7 Å². The standard InChI is InChI=1S/C18H22N2O3.C2H4.CH3NO2/c1-13(18(2,3)23)19-17(22)16-8-6-14(7-9-16)4-5-15-10-20(11-15)12-21;1-2;3-1-2-4/h6-9,12-13,15,23H,10-11H2,1-3H3,(H,19,22);1-2H2;1,4H,(H,2,3). The first kappa shape index (κ1) is 25.9. The Hall–Kier alpha value is -3.15. The highest BCUT2D eigenvalue weighted by Crippen LogP contribution is 2.12. The van der Waals surface area contributed by atoms with E-state index in [1.54, 1.807) is 49.9 Å². The third-order valence-electron chi connectivity index (χ3n) is 4.09. The molecule has 1 aromatic carbocycles. The Labute approximate surface area is 171 Å².